The summed E-state index contributed by atoms with van der Waals surface area (Å²) in [6, 6.07) is 13.3. The summed E-state index contributed by atoms with van der Waals surface area (Å²) in [5.74, 6) is -1.10. The predicted molar refractivity (Wildman–Crippen MR) is 126 cm³/mol. The Balaban J connectivity index is 1.77. The van der Waals surface area contributed by atoms with Crippen LogP contribution in [0.5, 0.6) is 11.5 Å². The van der Waals surface area contributed by atoms with Crippen molar-refractivity contribution in [2.24, 2.45) is 0 Å². The quantitative estimate of drug-likeness (QED) is 0.210. The third-order valence-electron chi connectivity index (χ3n) is 4.90. The number of rotatable bonds is 7. The molecule has 0 aromatic heterocycles. The van der Waals surface area contributed by atoms with E-state index >= 15 is 0 Å². The molecule has 0 spiro atoms. The van der Waals surface area contributed by atoms with Crippen LogP contribution in [0.2, 0.25) is 0 Å². The molecule has 172 valence electrons. The summed E-state index contributed by atoms with van der Waals surface area (Å²) >= 11 is 3.30. The molecule has 3 aromatic rings. The van der Waals surface area contributed by atoms with E-state index in [1.54, 1.807) is 49.4 Å². The minimum atomic E-state index is -1.16. The van der Waals surface area contributed by atoms with E-state index in [1.165, 1.54) is 20.3 Å². The molecule has 3 aromatic carbocycles. The molecule has 1 unspecified atom stereocenters. The van der Waals surface area contributed by atoms with Gasteiger partial charge in [0.2, 0.25) is 0 Å². The molecule has 0 bridgehead atoms. The van der Waals surface area contributed by atoms with E-state index in [0.29, 0.717) is 26.7 Å². The lowest BCUT2D eigenvalue weighted by Crippen LogP contribution is -2.29. The lowest BCUT2D eigenvalue weighted by molar-refractivity contribution is -0.383. The van der Waals surface area contributed by atoms with Crippen LogP contribution >= 0.6 is 15.9 Å². The highest BCUT2D eigenvalue weighted by molar-refractivity contribution is 9.10. The number of fused-ring (bicyclic) bond motifs is 1. The number of halogens is 1. The number of nitro groups is 1. The highest BCUT2D eigenvalue weighted by Gasteiger charge is 2.26. The zero-order valence-electron chi connectivity index (χ0n) is 18.1. The van der Waals surface area contributed by atoms with Crippen LogP contribution in [0.1, 0.15) is 12.5 Å². The van der Waals surface area contributed by atoms with E-state index in [4.69, 9.17) is 14.2 Å². The Labute approximate surface area is 197 Å². The topological polar surface area (TPSA) is 117 Å². The Morgan fingerprint density at radius 2 is 1.79 bits per heavy atom. The molecular formula is C23H21BrN2O7. The van der Waals surface area contributed by atoms with Crippen molar-refractivity contribution in [2.75, 3.05) is 19.5 Å². The Hall–Kier alpha value is -3.66. The number of nitrogens with one attached hydrogen (secondary N) is 1. The number of esters is 1. The van der Waals surface area contributed by atoms with Crippen molar-refractivity contribution in [3.63, 3.8) is 0 Å². The SMILES string of the molecule is COc1ccc(CC(C)OC(=O)C(=O)Nc2c([N+](=O)[O-])cc(Br)c3ccccc23)c(OC)c1. The molecule has 33 heavy (non-hydrogen) atoms. The minimum Gasteiger partial charge on any atom is -0.497 e. The molecule has 1 atom stereocenters. The van der Waals surface area contributed by atoms with Crippen molar-refractivity contribution in [1.82, 2.24) is 0 Å². The maximum Gasteiger partial charge on any atom is 0.397 e. The van der Waals surface area contributed by atoms with Gasteiger partial charge in [-0.05, 0) is 39.9 Å². The smallest absolute Gasteiger partial charge is 0.397 e. The molecule has 0 aliphatic rings. The fraction of sp³-hybridized carbons (Fsp3) is 0.217. The number of hydrogen-bond donors (Lipinski definition) is 1. The average molecular weight is 517 g/mol. The highest BCUT2D eigenvalue weighted by Crippen LogP contribution is 2.38. The Morgan fingerprint density at radius 1 is 1.09 bits per heavy atom. The Morgan fingerprint density at radius 3 is 2.42 bits per heavy atom. The number of amides is 1. The van der Waals surface area contributed by atoms with Crippen molar-refractivity contribution in [2.45, 2.75) is 19.4 Å². The summed E-state index contributed by atoms with van der Waals surface area (Å²) in [5.41, 5.74) is 0.330. The van der Waals surface area contributed by atoms with Gasteiger partial charge in [-0.25, -0.2) is 4.79 Å². The fourth-order valence-corrected chi connectivity index (χ4v) is 3.93. The number of carbonyl (C=O) groups excluding carboxylic acids is 2. The zero-order chi connectivity index (χ0) is 24.1. The van der Waals surface area contributed by atoms with E-state index in [-0.39, 0.29) is 17.8 Å². The Bertz CT molecular complexity index is 1230. The molecule has 1 N–H and O–H groups in total. The van der Waals surface area contributed by atoms with Gasteiger partial charge >= 0.3 is 11.9 Å². The fourth-order valence-electron chi connectivity index (χ4n) is 3.37. The maximum absolute atomic E-state index is 12.5. The van der Waals surface area contributed by atoms with Crippen LogP contribution in [-0.4, -0.2) is 37.1 Å². The monoisotopic (exact) mass is 516 g/mol. The number of ether oxygens (including phenoxy) is 3. The summed E-state index contributed by atoms with van der Waals surface area (Å²) < 4.78 is 16.3. The summed E-state index contributed by atoms with van der Waals surface area (Å²) in [5, 5.41) is 15.0. The Kier molecular flexibility index (Phi) is 7.49. The second kappa shape index (κ2) is 10.3. The summed E-state index contributed by atoms with van der Waals surface area (Å²) in [4.78, 5) is 35.9. The third-order valence-corrected chi connectivity index (χ3v) is 5.56. The minimum absolute atomic E-state index is 0.0785. The van der Waals surface area contributed by atoms with Gasteiger partial charge in [0.05, 0.1) is 19.1 Å². The van der Waals surface area contributed by atoms with Crippen LogP contribution in [0.15, 0.2) is 53.0 Å². The van der Waals surface area contributed by atoms with Gasteiger partial charge in [0.1, 0.15) is 23.3 Å². The molecule has 0 aliphatic heterocycles. The van der Waals surface area contributed by atoms with Crippen LogP contribution in [0.4, 0.5) is 11.4 Å². The first-order valence-electron chi connectivity index (χ1n) is 9.83. The lowest BCUT2D eigenvalue weighted by atomic mass is 10.1. The molecule has 0 aliphatic carbocycles. The number of anilines is 1. The third kappa shape index (κ3) is 5.40. The van der Waals surface area contributed by atoms with Crippen molar-refractivity contribution in [3.05, 3.63) is 68.7 Å². The molecule has 0 radical (unpaired) electrons. The molecule has 0 heterocycles. The lowest BCUT2D eigenvalue weighted by Gasteiger charge is -2.16. The van der Waals surface area contributed by atoms with Crippen molar-refractivity contribution >= 4 is 50.0 Å². The second-order valence-corrected chi connectivity index (χ2v) is 7.96. The average Bonchev–Trinajstić information content (AvgIpc) is 2.80. The number of hydrogen-bond acceptors (Lipinski definition) is 7. The second-order valence-electron chi connectivity index (χ2n) is 7.11. The standard InChI is InChI=1S/C23H21BrN2O7/c1-13(10-14-8-9-15(31-2)11-20(14)32-3)33-23(28)22(27)25-21-17-7-5-4-6-16(17)18(24)12-19(21)26(29)30/h4-9,11-13H,10H2,1-3H3,(H,25,27). The highest BCUT2D eigenvalue weighted by atomic mass is 79.9. The van der Waals surface area contributed by atoms with Gasteiger partial charge in [0.15, 0.2) is 0 Å². The summed E-state index contributed by atoms with van der Waals surface area (Å²) in [6.45, 7) is 1.63. The number of nitro benzene ring substituents is 1. The largest absolute Gasteiger partial charge is 0.497 e. The van der Waals surface area contributed by atoms with E-state index in [1.807, 2.05) is 0 Å². The molecule has 10 heteroatoms. The van der Waals surface area contributed by atoms with Crippen LogP contribution in [0, 0.1) is 10.1 Å². The van der Waals surface area contributed by atoms with Gasteiger partial charge in [-0.3, -0.25) is 14.9 Å². The van der Waals surface area contributed by atoms with E-state index in [2.05, 4.69) is 21.2 Å². The van der Waals surface area contributed by atoms with Crippen LogP contribution in [0.3, 0.4) is 0 Å². The van der Waals surface area contributed by atoms with Gasteiger partial charge in [0, 0.05) is 28.4 Å². The summed E-state index contributed by atoms with van der Waals surface area (Å²) in [6.07, 6.45) is -0.379. The van der Waals surface area contributed by atoms with E-state index in [0.717, 1.165) is 5.56 Å². The first kappa shape index (κ1) is 24.0. The first-order chi connectivity index (χ1) is 15.7. The molecule has 3 rings (SSSR count). The summed E-state index contributed by atoms with van der Waals surface area (Å²) in [7, 11) is 3.05. The van der Waals surface area contributed by atoms with Gasteiger partial charge < -0.3 is 19.5 Å². The molecule has 1 amide bonds. The molecule has 0 fully saturated rings. The van der Waals surface area contributed by atoms with Crippen molar-refractivity contribution in [3.8, 4) is 11.5 Å². The van der Waals surface area contributed by atoms with Gasteiger partial charge in [0.25, 0.3) is 5.69 Å². The number of methoxy groups -OCH3 is 2. The first-order valence-corrected chi connectivity index (χ1v) is 10.6. The zero-order valence-corrected chi connectivity index (χ0v) is 19.7. The van der Waals surface area contributed by atoms with Crippen molar-refractivity contribution < 1.29 is 28.7 Å². The van der Waals surface area contributed by atoms with Gasteiger partial charge in [-0.15, -0.1) is 0 Å². The normalized spacial score (nSPS) is 11.5. The molecule has 0 saturated carbocycles. The van der Waals surface area contributed by atoms with Gasteiger partial charge in [-0.1, -0.05) is 30.3 Å². The van der Waals surface area contributed by atoms with Crippen LogP contribution in [0.25, 0.3) is 10.8 Å². The number of carbonyl (C=O) groups is 2. The van der Waals surface area contributed by atoms with Crippen LogP contribution < -0.4 is 14.8 Å². The van der Waals surface area contributed by atoms with Crippen molar-refractivity contribution in [1.29, 1.82) is 0 Å². The van der Waals surface area contributed by atoms with Gasteiger partial charge in [-0.2, -0.15) is 0 Å². The van der Waals surface area contributed by atoms with Crippen LogP contribution in [-0.2, 0) is 20.7 Å². The molecular weight excluding hydrogens is 496 g/mol. The number of benzene rings is 3. The number of nitrogens with zero attached hydrogens (tertiary/aromatic N) is 1. The van der Waals surface area contributed by atoms with E-state index in [9.17, 15) is 19.7 Å². The molecule has 9 nitrogen and oxygen atoms in total. The maximum atomic E-state index is 12.5. The van der Waals surface area contributed by atoms with E-state index < -0.39 is 22.9 Å². The predicted octanol–water partition coefficient (Wildman–Crippen LogP) is 4.64. The molecule has 0 saturated heterocycles.